The summed E-state index contributed by atoms with van der Waals surface area (Å²) in [5, 5.41) is 12.2. The lowest BCUT2D eigenvalue weighted by molar-refractivity contribution is -0.118. The fraction of sp³-hybridized carbons (Fsp3) is 0.474. The molecule has 1 heterocycles. The first-order valence-corrected chi connectivity index (χ1v) is 10.4. The van der Waals surface area contributed by atoms with Gasteiger partial charge in [-0.3, -0.25) is 9.59 Å². The number of amides is 2. The number of rotatable bonds is 9. The molecular formula is C19H26ClN5O2S. The van der Waals surface area contributed by atoms with Gasteiger partial charge >= 0.3 is 0 Å². The predicted molar refractivity (Wildman–Crippen MR) is 113 cm³/mol. The molecule has 0 spiro atoms. The number of primary amides is 1. The van der Waals surface area contributed by atoms with Crippen LogP contribution in [0.5, 0.6) is 0 Å². The Kier molecular flexibility index (Phi) is 7.88. The summed E-state index contributed by atoms with van der Waals surface area (Å²) in [6.45, 7) is 8.55. The van der Waals surface area contributed by atoms with E-state index in [0.717, 1.165) is 5.56 Å². The van der Waals surface area contributed by atoms with Gasteiger partial charge in [-0.1, -0.05) is 43.3 Å². The summed E-state index contributed by atoms with van der Waals surface area (Å²) in [4.78, 5) is 23.7. The second-order valence-corrected chi connectivity index (χ2v) is 8.75. The molecule has 0 bridgehead atoms. The standard InChI is InChI=1S/C19H26ClN5O2S/c1-11(2)10-25-17(9-8-16(21)26)23-24-19(25)28-13(4)18(27)22-15-7-5-6-14(20)12(15)3/h5-7,11,13H,8-10H2,1-4H3,(H2,21,26)(H,22,27)/t13-/m0/s1. The number of aromatic nitrogens is 3. The van der Waals surface area contributed by atoms with E-state index in [1.54, 1.807) is 12.1 Å². The molecule has 0 aliphatic rings. The molecule has 0 unspecified atom stereocenters. The normalized spacial score (nSPS) is 12.2. The largest absolute Gasteiger partial charge is 0.370 e. The first-order valence-electron chi connectivity index (χ1n) is 9.12. The van der Waals surface area contributed by atoms with Gasteiger partial charge in [0, 0.05) is 30.1 Å². The second-order valence-electron chi connectivity index (χ2n) is 7.03. The Morgan fingerprint density at radius 2 is 2.00 bits per heavy atom. The van der Waals surface area contributed by atoms with E-state index in [1.165, 1.54) is 11.8 Å². The third-order valence-corrected chi connectivity index (χ3v) is 5.60. The second kappa shape index (κ2) is 9.93. The van der Waals surface area contributed by atoms with Crippen molar-refractivity contribution in [1.29, 1.82) is 0 Å². The van der Waals surface area contributed by atoms with E-state index in [2.05, 4.69) is 29.4 Å². The first kappa shape index (κ1) is 22.2. The van der Waals surface area contributed by atoms with Crippen molar-refractivity contribution in [2.75, 3.05) is 5.32 Å². The Balaban J connectivity index is 2.13. The van der Waals surface area contributed by atoms with Crippen LogP contribution in [-0.2, 0) is 22.6 Å². The van der Waals surface area contributed by atoms with Crippen molar-refractivity contribution in [3.63, 3.8) is 0 Å². The summed E-state index contributed by atoms with van der Waals surface area (Å²) in [5.41, 5.74) is 6.77. The average molecular weight is 424 g/mol. The Labute approximate surface area is 174 Å². The Morgan fingerprint density at radius 1 is 1.29 bits per heavy atom. The van der Waals surface area contributed by atoms with E-state index in [1.807, 2.05) is 24.5 Å². The van der Waals surface area contributed by atoms with Crippen molar-refractivity contribution in [2.24, 2.45) is 11.7 Å². The quantitative estimate of drug-likeness (QED) is 0.601. The Morgan fingerprint density at radius 3 is 2.64 bits per heavy atom. The highest BCUT2D eigenvalue weighted by Gasteiger charge is 2.21. The van der Waals surface area contributed by atoms with Crippen LogP contribution in [0.15, 0.2) is 23.4 Å². The lowest BCUT2D eigenvalue weighted by Gasteiger charge is -2.16. The van der Waals surface area contributed by atoms with Crippen molar-refractivity contribution in [2.45, 2.75) is 57.5 Å². The maximum atomic E-state index is 12.6. The minimum Gasteiger partial charge on any atom is -0.370 e. The molecule has 0 radical (unpaired) electrons. The highest BCUT2D eigenvalue weighted by atomic mass is 35.5. The molecule has 1 aromatic carbocycles. The fourth-order valence-corrected chi connectivity index (χ4v) is 3.62. The Hall–Kier alpha value is -2.06. The molecular weight excluding hydrogens is 398 g/mol. The zero-order valence-electron chi connectivity index (χ0n) is 16.5. The van der Waals surface area contributed by atoms with Gasteiger partial charge in [-0.15, -0.1) is 10.2 Å². The molecule has 152 valence electrons. The summed E-state index contributed by atoms with van der Waals surface area (Å²) < 4.78 is 1.96. The number of nitrogens with zero attached hydrogens (tertiary/aromatic N) is 3. The molecule has 0 saturated heterocycles. The topological polar surface area (TPSA) is 103 Å². The van der Waals surface area contributed by atoms with Crippen molar-refractivity contribution >= 4 is 40.9 Å². The number of nitrogens with one attached hydrogen (secondary N) is 1. The number of hydrogen-bond acceptors (Lipinski definition) is 5. The summed E-state index contributed by atoms with van der Waals surface area (Å²) in [5.74, 6) is 0.542. The molecule has 9 heteroatoms. The maximum Gasteiger partial charge on any atom is 0.237 e. The van der Waals surface area contributed by atoms with Gasteiger partial charge in [0.25, 0.3) is 0 Å². The van der Waals surface area contributed by atoms with Gasteiger partial charge in [0.15, 0.2) is 5.16 Å². The van der Waals surface area contributed by atoms with Crippen molar-refractivity contribution in [1.82, 2.24) is 14.8 Å². The monoisotopic (exact) mass is 423 g/mol. The van der Waals surface area contributed by atoms with Crippen molar-refractivity contribution in [3.05, 3.63) is 34.6 Å². The van der Waals surface area contributed by atoms with Gasteiger partial charge in [-0.05, 0) is 37.5 Å². The van der Waals surface area contributed by atoms with Crippen LogP contribution in [0.2, 0.25) is 5.02 Å². The van der Waals surface area contributed by atoms with E-state index in [0.29, 0.717) is 40.6 Å². The van der Waals surface area contributed by atoms with Crippen LogP contribution in [-0.4, -0.2) is 31.8 Å². The molecule has 0 saturated carbocycles. The van der Waals surface area contributed by atoms with E-state index < -0.39 is 5.25 Å². The van der Waals surface area contributed by atoms with Gasteiger partial charge in [-0.25, -0.2) is 0 Å². The van der Waals surface area contributed by atoms with Crippen LogP contribution in [0, 0.1) is 12.8 Å². The minimum absolute atomic E-state index is 0.145. The molecule has 1 atom stereocenters. The number of carbonyl (C=O) groups is 2. The number of carbonyl (C=O) groups excluding carboxylic acids is 2. The van der Waals surface area contributed by atoms with E-state index in [-0.39, 0.29) is 18.2 Å². The highest BCUT2D eigenvalue weighted by molar-refractivity contribution is 8.00. The summed E-state index contributed by atoms with van der Waals surface area (Å²) in [6.07, 6.45) is 0.642. The van der Waals surface area contributed by atoms with E-state index in [9.17, 15) is 9.59 Å². The zero-order chi connectivity index (χ0) is 20.8. The van der Waals surface area contributed by atoms with E-state index in [4.69, 9.17) is 17.3 Å². The number of halogens is 1. The van der Waals surface area contributed by atoms with Gasteiger partial charge < -0.3 is 15.6 Å². The van der Waals surface area contributed by atoms with Gasteiger partial charge in [0.1, 0.15) is 5.82 Å². The SMILES string of the molecule is Cc1c(Cl)cccc1NC(=O)[C@H](C)Sc1nnc(CCC(N)=O)n1CC(C)C. The number of hydrogen-bond donors (Lipinski definition) is 2. The van der Waals surface area contributed by atoms with Gasteiger partial charge in [-0.2, -0.15) is 0 Å². The molecule has 2 amide bonds. The first-order chi connectivity index (χ1) is 13.2. The minimum atomic E-state index is -0.391. The number of anilines is 1. The van der Waals surface area contributed by atoms with Crippen molar-refractivity contribution in [3.8, 4) is 0 Å². The third-order valence-electron chi connectivity index (χ3n) is 4.11. The Bertz CT molecular complexity index is 853. The summed E-state index contributed by atoms with van der Waals surface area (Å²) in [7, 11) is 0. The number of nitrogens with two attached hydrogens (primary N) is 1. The fourth-order valence-electron chi connectivity index (χ4n) is 2.56. The zero-order valence-corrected chi connectivity index (χ0v) is 18.1. The lowest BCUT2D eigenvalue weighted by Crippen LogP contribution is -2.23. The van der Waals surface area contributed by atoms with Crippen LogP contribution in [0.25, 0.3) is 0 Å². The van der Waals surface area contributed by atoms with Gasteiger partial charge in [0.2, 0.25) is 11.8 Å². The molecule has 0 fully saturated rings. The molecule has 1 aromatic heterocycles. The van der Waals surface area contributed by atoms with Gasteiger partial charge in [0.05, 0.1) is 5.25 Å². The average Bonchev–Trinajstić information content (AvgIpc) is 2.98. The van der Waals surface area contributed by atoms with Crippen molar-refractivity contribution < 1.29 is 9.59 Å². The van der Waals surface area contributed by atoms with Crippen LogP contribution < -0.4 is 11.1 Å². The van der Waals surface area contributed by atoms with Crippen LogP contribution in [0.1, 0.15) is 38.6 Å². The molecule has 3 N–H and O–H groups in total. The number of benzene rings is 1. The van der Waals surface area contributed by atoms with Crippen LogP contribution in [0.3, 0.4) is 0 Å². The molecule has 7 nitrogen and oxygen atoms in total. The number of thioether (sulfide) groups is 1. The molecule has 2 rings (SSSR count). The summed E-state index contributed by atoms with van der Waals surface area (Å²) in [6, 6.07) is 5.40. The van der Waals surface area contributed by atoms with Crippen LogP contribution in [0.4, 0.5) is 5.69 Å². The molecule has 0 aliphatic heterocycles. The number of aryl methyl sites for hydroxylation is 1. The third kappa shape index (κ3) is 5.97. The smallest absolute Gasteiger partial charge is 0.237 e. The molecule has 2 aromatic rings. The lowest BCUT2D eigenvalue weighted by atomic mass is 10.2. The highest BCUT2D eigenvalue weighted by Crippen LogP contribution is 2.27. The summed E-state index contributed by atoms with van der Waals surface area (Å²) >= 11 is 7.45. The van der Waals surface area contributed by atoms with Crippen LogP contribution >= 0.6 is 23.4 Å². The maximum absolute atomic E-state index is 12.6. The predicted octanol–water partition coefficient (Wildman–Crippen LogP) is 3.43. The van der Waals surface area contributed by atoms with E-state index >= 15 is 0 Å². The molecule has 28 heavy (non-hydrogen) atoms. The molecule has 0 aliphatic carbocycles.